The summed E-state index contributed by atoms with van der Waals surface area (Å²) in [4.78, 5) is 13.5. The molecule has 0 aliphatic heterocycles. The van der Waals surface area contributed by atoms with Crippen molar-refractivity contribution in [3.8, 4) is 5.75 Å². The van der Waals surface area contributed by atoms with Gasteiger partial charge in [0.2, 0.25) is 5.91 Å². The second-order valence-electron chi connectivity index (χ2n) is 4.78. The molecule has 0 aliphatic rings. The van der Waals surface area contributed by atoms with Gasteiger partial charge in [-0.1, -0.05) is 12.1 Å². The first kappa shape index (κ1) is 17.4. The van der Waals surface area contributed by atoms with E-state index in [4.69, 9.17) is 15.2 Å². The van der Waals surface area contributed by atoms with E-state index in [1.54, 1.807) is 32.4 Å². The standard InChI is InChI=1S/C15H23FN2O3/c1-18(15(19)13(17)7-5-10-20-2)9-11-21-14-8-4-3-6-12(14)16/h3-4,6,8,13H,5,7,9-11,17H2,1-2H3. The third-order valence-electron chi connectivity index (χ3n) is 3.08. The topological polar surface area (TPSA) is 64.8 Å². The lowest BCUT2D eigenvalue weighted by Gasteiger charge is -2.21. The predicted molar refractivity (Wildman–Crippen MR) is 78.6 cm³/mol. The van der Waals surface area contributed by atoms with E-state index in [9.17, 15) is 9.18 Å². The summed E-state index contributed by atoms with van der Waals surface area (Å²) in [7, 11) is 3.27. The number of nitrogens with two attached hydrogens (primary N) is 1. The Morgan fingerprint density at radius 3 is 2.76 bits per heavy atom. The van der Waals surface area contributed by atoms with Crippen LogP contribution in [0.4, 0.5) is 4.39 Å². The number of nitrogens with zero attached hydrogens (tertiary/aromatic N) is 1. The highest BCUT2D eigenvalue weighted by atomic mass is 19.1. The van der Waals surface area contributed by atoms with Crippen molar-refractivity contribution in [1.29, 1.82) is 0 Å². The van der Waals surface area contributed by atoms with Crippen LogP contribution < -0.4 is 10.5 Å². The largest absolute Gasteiger partial charge is 0.489 e. The molecule has 1 amide bonds. The number of hydrogen-bond donors (Lipinski definition) is 1. The summed E-state index contributed by atoms with van der Waals surface area (Å²) < 4.78 is 23.6. The molecule has 118 valence electrons. The summed E-state index contributed by atoms with van der Waals surface area (Å²) >= 11 is 0. The molecule has 21 heavy (non-hydrogen) atoms. The Morgan fingerprint density at radius 1 is 1.38 bits per heavy atom. The number of carbonyl (C=O) groups is 1. The number of hydrogen-bond acceptors (Lipinski definition) is 4. The van der Waals surface area contributed by atoms with Crippen LogP contribution in [0.15, 0.2) is 24.3 Å². The molecule has 0 bridgehead atoms. The number of benzene rings is 1. The van der Waals surface area contributed by atoms with E-state index in [1.807, 2.05) is 0 Å². The zero-order valence-electron chi connectivity index (χ0n) is 12.5. The normalized spacial score (nSPS) is 12.0. The molecule has 5 nitrogen and oxygen atoms in total. The van der Waals surface area contributed by atoms with Crippen LogP contribution in [0.5, 0.6) is 5.75 Å². The zero-order valence-corrected chi connectivity index (χ0v) is 12.5. The minimum atomic E-state index is -0.543. The number of rotatable bonds is 9. The summed E-state index contributed by atoms with van der Waals surface area (Å²) in [6, 6.07) is 5.62. The molecule has 0 aromatic heterocycles. The van der Waals surface area contributed by atoms with Crippen LogP contribution in [0.1, 0.15) is 12.8 Å². The molecule has 1 atom stereocenters. The molecule has 0 radical (unpaired) electrons. The molecule has 0 saturated heterocycles. The van der Waals surface area contributed by atoms with Crippen LogP contribution in [-0.2, 0) is 9.53 Å². The van der Waals surface area contributed by atoms with Gasteiger partial charge < -0.3 is 20.1 Å². The van der Waals surface area contributed by atoms with Crippen LogP contribution in [0, 0.1) is 5.82 Å². The third kappa shape index (κ3) is 6.10. The Bertz CT molecular complexity index is 443. The van der Waals surface area contributed by atoms with E-state index in [0.717, 1.165) is 6.42 Å². The lowest BCUT2D eigenvalue weighted by molar-refractivity contribution is -0.131. The summed E-state index contributed by atoms with van der Waals surface area (Å²) in [5, 5.41) is 0. The van der Waals surface area contributed by atoms with Gasteiger partial charge in [-0.3, -0.25) is 4.79 Å². The van der Waals surface area contributed by atoms with Crippen LogP contribution in [0.2, 0.25) is 0 Å². The van der Waals surface area contributed by atoms with Crippen LogP contribution in [0.25, 0.3) is 0 Å². The first-order valence-electron chi connectivity index (χ1n) is 6.93. The quantitative estimate of drug-likeness (QED) is 0.700. The number of methoxy groups -OCH3 is 1. The van der Waals surface area contributed by atoms with E-state index in [-0.39, 0.29) is 18.3 Å². The molecule has 0 saturated carbocycles. The number of likely N-dealkylation sites (N-methyl/N-ethyl adjacent to an activating group) is 1. The predicted octanol–water partition coefficient (Wildman–Crippen LogP) is 1.42. The fraction of sp³-hybridized carbons (Fsp3) is 0.533. The van der Waals surface area contributed by atoms with Gasteiger partial charge in [0.15, 0.2) is 11.6 Å². The van der Waals surface area contributed by atoms with Gasteiger partial charge in [0.1, 0.15) is 6.61 Å². The lowest BCUT2D eigenvalue weighted by Crippen LogP contribution is -2.43. The highest BCUT2D eigenvalue weighted by Crippen LogP contribution is 2.15. The third-order valence-corrected chi connectivity index (χ3v) is 3.08. The van der Waals surface area contributed by atoms with Crippen molar-refractivity contribution in [2.24, 2.45) is 5.73 Å². The van der Waals surface area contributed by atoms with Crippen molar-refractivity contribution < 1.29 is 18.7 Å². The fourth-order valence-electron chi connectivity index (χ4n) is 1.82. The van der Waals surface area contributed by atoms with Gasteiger partial charge in [-0.05, 0) is 25.0 Å². The number of amides is 1. The molecule has 1 aromatic rings. The molecule has 1 unspecified atom stereocenters. The van der Waals surface area contributed by atoms with E-state index in [1.165, 1.54) is 11.0 Å². The molecule has 0 heterocycles. The van der Waals surface area contributed by atoms with Crippen LogP contribution >= 0.6 is 0 Å². The van der Waals surface area contributed by atoms with Crippen molar-refractivity contribution >= 4 is 5.91 Å². The number of carbonyl (C=O) groups excluding carboxylic acids is 1. The zero-order chi connectivity index (χ0) is 15.7. The van der Waals surface area contributed by atoms with Crippen molar-refractivity contribution in [3.63, 3.8) is 0 Å². The summed E-state index contributed by atoms with van der Waals surface area (Å²) in [6.07, 6.45) is 1.31. The molecule has 6 heteroatoms. The van der Waals surface area contributed by atoms with Crippen LogP contribution in [-0.4, -0.2) is 50.8 Å². The van der Waals surface area contributed by atoms with Crippen molar-refractivity contribution in [1.82, 2.24) is 4.90 Å². The van der Waals surface area contributed by atoms with Crippen LogP contribution in [0.3, 0.4) is 0 Å². The van der Waals surface area contributed by atoms with Gasteiger partial charge in [-0.25, -0.2) is 4.39 Å². The molecule has 1 rings (SSSR count). The second-order valence-corrected chi connectivity index (χ2v) is 4.78. The number of halogens is 1. The monoisotopic (exact) mass is 298 g/mol. The van der Waals surface area contributed by atoms with E-state index in [0.29, 0.717) is 19.6 Å². The SMILES string of the molecule is COCCCC(N)C(=O)N(C)CCOc1ccccc1F. The first-order chi connectivity index (χ1) is 10.1. The average Bonchev–Trinajstić information content (AvgIpc) is 2.48. The van der Waals surface area contributed by atoms with Gasteiger partial charge in [0.25, 0.3) is 0 Å². The van der Waals surface area contributed by atoms with E-state index >= 15 is 0 Å². The minimum Gasteiger partial charge on any atom is -0.489 e. The van der Waals surface area contributed by atoms with Crippen molar-refractivity contribution in [3.05, 3.63) is 30.1 Å². The van der Waals surface area contributed by atoms with Gasteiger partial charge in [-0.2, -0.15) is 0 Å². The fourth-order valence-corrected chi connectivity index (χ4v) is 1.82. The van der Waals surface area contributed by atoms with Gasteiger partial charge in [0.05, 0.1) is 12.6 Å². The highest BCUT2D eigenvalue weighted by molar-refractivity contribution is 5.81. The molecule has 0 fully saturated rings. The van der Waals surface area contributed by atoms with Gasteiger partial charge in [0, 0.05) is 20.8 Å². The maximum atomic E-state index is 13.3. The van der Waals surface area contributed by atoms with Crippen molar-refractivity contribution in [2.45, 2.75) is 18.9 Å². The Morgan fingerprint density at radius 2 is 2.10 bits per heavy atom. The van der Waals surface area contributed by atoms with Gasteiger partial charge >= 0.3 is 0 Å². The maximum absolute atomic E-state index is 13.3. The van der Waals surface area contributed by atoms with E-state index in [2.05, 4.69) is 0 Å². The molecule has 0 aliphatic carbocycles. The van der Waals surface area contributed by atoms with Gasteiger partial charge in [-0.15, -0.1) is 0 Å². The Kier molecular flexibility index (Phi) is 7.71. The minimum absolute atomic E-state index is 0.150. The average molecular weight is 298 g/mol. The number of para-hydroxylation sites is 1. The Balaban J connectivity index is 2.31. The molecule has 1 aromatic carbocycles. The molecular weight excluding hydrogens is 275 g/mol. The first-order valence-corrected chi connectivity index (χ1v) is 6.93. The maximum Gasteiger partial charge on any atom is 0.239 e. The summed E-state index contributed by atoms with van der Waals surface area (Å²) in [6.45, 7) is 1.15. The van der Waals surface area contributed by atoms with Crippen molar-refractivity contribution in [2.75, 3.05) is 33.9 Å². The highest BCUT2D eigenvalue weighted by Gasteiger charge is 2.17. The lowest BCUT2D eigenvalue weighted by atomic mass is 10.1. The molecule has 2 N–H and O–H groups in total. The summed E-state index contributed by atoms with van der Waals surface area (Å²) in [5.41, 5.74) is 5.82. The Hall–Kier alpha value is -1.66. The smallest absolute Gasteiger partial charge is 0.239 e. The number of ether oxygens (including phenoxy) is 2. The van der Waals surface area contributed by atoms with E-state index < -0.39 is 11.9 Å². The second kappa shape index (κ2) is 9.31. The summed E-state index contributed by atoms with van der Waals surface area (Å²) in [5.74, 6) is -0.381. The molecular formula is C15H23FN2O3. The molecule has 0 spiro atoms. The Labute approximate surface area is 124 Å².